The lowest BCUT2D eigenvalue weighted by Gasteiger charge is -2.08. The molecular formula is C13H22N2O. The molecule has 0 saturated carbocycles. The van der Waals surface area contributed by atoms with Crippen LogP contribution in [0.5, 0.6) is 0 Å². The first kappa shape index (κ1) is 13.0. The second-order valence-electron chi connectivity index (χ2n) is 3.81. The Morgan fingerprint density at radius 2 is 2.12 bits per heavy atom. The maximum absolute atomic E-state index is 11.6. The molecule has 3 heteroatoms. The predicted molar refractivity (Wildman–Crippen MR) is 68.0 cm³/mol. The van der Waals surface area contributed by atoms with Crippen molar-refractivity contribution in [3.8, 4) is 0 Å². The normalized spacial score (nSPS) is 19.1. The van der Waals surface area contributed by atoms with Crippen molar-refractivity contribution >= 4 is 0 Å². The van der Waals surface area contributed by atoms with E-state index in [0.717, 1.165) is 37.2 Å². The van der Waals surface area contributed by atoms with Crippen LogP contribution >= 0.6 is 0 Å². The van der Waals surface area contributed by atoms with E-state index in [0.29, 0.717) is 5.92 Å². The fourth-order valence-corrected chi connectivity index (χ4v) is 1.96. The number of aryl methyl sites for hydroxylation is 1. The van der Waals surface area contributed by atoms with Gasteiger partial charge in [0, 0.05) is 23.7 Å². The molecule has 1 unspecified atom stereocenters. The van der Waals surface area contributed by atoms with Crippen LogP contribution in [-0.4, -0.2) is 18.1 Å². The molecule has 0 bridgehead atoms. The van der Waals surface area contributed by atoms with Crippen molar-refractivity contribution < 1.29 is 0 Å². The summed E-state index contributed by atoms with van der Waals surface area (Å²) in [5.74, 6) is 0.494. The van der Waals surface area contributed by atoms with E-state index in [1.54, 1.807) is 0 Å². The minimum atomic E-state index is 0.0805. The van der Waals surface area contributed by atoms with Crippen LogP contribution in [0.1, 0.15) is 44.4 Å². The molecule has 1 aliphatic heterocycles. The molecule has 1 aliphatic rings. The second kappa shape index (κ2) is 6.48. The van der Waals surface area contributed by atoms with Gasteiger partial charge >= 0.3 is 0 Å². The van der Waals surface area contributed by atoms with Crippen LogP contribution in [0.4, 0.5) is 0 Å². The van der Waals surface area contributed by atoms with Crippen LogP contribution in [0, 0.1) is 0 Å². The molecular weight excluding hydrogens is 200 g/mol. The maximum atomic E-state index is 11.6. The summed E-state index contributed by atoms with van der Waals surface area (Å²) in [5.41, 5.74) is 2.04. The Bertz CT molecular complexity index is 364. The van der Waals surface area contributed by atoms with E-state index in [1.165, 1.54) is 0 Å². The minimum Gasteiger partial charge on any atom is -0.326 e. The van der Waals surface area contributed by atoms with Crippen LogP contribution in [0.3, 0.4) is 0 Å². The molecule has 16 heavy (non-hydrogen) atoms. The van der Waals surface area contributed by atoms with Crippen LogP contribution < -0.4 is 10.9 Å². The Labute approximate surface area is 97.3 Å². The highest BCUT2D eigenvalue weighted by molar-refractivity contribution is 5.18. The summed E-state index contributed by atoms with van der Waals surface area (Å²) in [6, 6.07) is 4.00. The van der Waals surface area contributed by atoms with Crippen molar-refractivity contribution in [2.45, 2.75) is 39.5 Å². The van der Waals surface area contributed by atoms with E-state index >= 15 is 0 Å². The van der Waals surface area contributed by atoms with Crippen molar-refractivity contribution in [2.75, 3.05) is 13.1 Å². The number of aromatic amines is 1. The minimum absolute atomic E-state index is 0.0805. The summed E-state index contributed by atoms with van der Waals surface area (Å²) in [6.07, 6.45) is 1.93. The Kier molecular flexibility index (Phi) is 5.26. The summed E-state index contributed by atoms with van der Waals surface area (Å²) < 4.78 is 0. The average molecular weight is 222 g/mol. The lowest BCUT2D eigenvalue weighted by Crippen LogP contribution is -2.16. The fraction of sp³-hybridized carbons (Fsp3) is 0.615. The lowest BCUT2D eigenvalue weighted by molar-refractivity contribution is 0.728. The third-order valence-corrected chi connectivity index (χ3v) is 2.89. The SMILES string of the molecule is CC.CCc1ccc(C2CCNC2)[nH]c1=O. The summed E-state index contributed by atoms with van der Waals surface area (Å²) in [6.45, 7) is 8.05. The quantitative estimate of drug-likeness (QED) is 0.804. The van der Waals surface area contributed by atoms with Gasteiger partial charge in [-0.3, -0.25) is 4.79 Å². The van der Waals surface area contributed by atoms with Gasteiger partial charge in [-0.15, -0.1) is 0 Å². The second-order valence-corrected chi connectivity index (χ2v) is 3.81. The van der Waals surface area contributed by atoms with E-state index in [1.807, 2.05) is 26.8 Å². The summed E-state index contributed by atoms with van der Waals surface area (Å²) in [5, 5.41) is 3.30. The molecule has 0 spiro atoms. The number of rotatable bonds is 2. The van der Waals surface area contributed by atoms with Gasteiger partial charge in [0.15, 0.2) is 0 Å². The number of pyridine rings is 1. The topological polar surface area (TPSA) is 44.9 Å². The number of aromatic nitrogens is 1. The third kappa shape index (κ3) is 2.95. The Hall–Kier alpha value is -1.09. The lowest BCUT2D eigenvalue weighted by atomic mass is 10.0. The molecule has 1 aromatic heterocycles. The van der Waals surface area contributed by atoms with Crippen LogP contribution in [0.25, 0.3) is 0 Å². The van der Waals surface area contributed by atoms with Gasteiger partial charge in [0.1, 0.15) is 0 Å². The maximum Gasteiger partial charge on any atom is 0.251 e. The van der Waals surface area contributed by atoms with Gasteiger partial charge < -0.3 is 10.3 Å². The van der Waals surface area contributed by atoms with Crippen molar-refractivity contribution in [3.63, 3.8) is 0 Å². The molecule has 1 fully saturated rings. The van der Waals surface area contributed by atoms with Crippen LogP contribution in [0.15, 0.2) is 16.9 Å². The molecule has 0 aliphatic carbocycles. The van der Waals surface area contributed by atoms with Crippen molar-refractivity contribution in [2.24, 2.45) is 0 Å². The first-order valence-corrected chi connectivity index (χ1v) is 6.24. The average Bonchev–Trinajstić information content (AvgIpc) is 2.85. The molecule has 90 valence electrons. The zero-order valence-corrected chi connectivity index (χ0v) is 10.5. The molecule has 1 saturated heterocycles. The van der Waals surface area contributed by atoms with E-state index < -0.39 is 0 Å². The zero-order valence-electron chi connectivity index (χ0n) is 10.5. The molecule has 0 radical (unpaired) electrons. The van der Waals surface area contributed by atoms with Gasteiger partial charge in [0.25, 0.3) is 5.56 Å². The van der Waals surface area contributed by atoms with E-state index in [9.17, 15) is 4.79 Å². The zero-order chi connectivity index (χ0) is 12.0. The number of hydrogen-bond donors (Lipinski definition) is 2. The number of H-pyrrole nitrogens is 1. The number of hydrogen-bond acceptors (Lipinski definition) is 2. The predicted octanol–water partition coefficient (Wildman–Crippen LogP) is 2.04. The summed E-state index contributed by atoms with van der Waals surface area (Å²) >= 11 is 0. The van der Waals surface area contributed by atoms with Crippen molar-refractivity contribution in [1.29, 1.82) is 0 Å². The highest BCUT2D eigenvalue weighted by Crippen LogP contribution is 2.19. The Morgan fingerprint density at radius 3 is 2.62 bits per heavy atom. The highest BCUT2D eigenvalue weighted by atomic mass is 16.1. The largest absolute Gasteiger partial charge is 0.326 e. The molecule has 2 rings (SSSR count). The molecule has 0 amide bonds. The first-order chi connectivity index (χ1) is 7.81. The van der Waals surface area contributed by atoms with Crippen molar-refractivity contribution in [1.82, 2.24) is 10.3 Å². The molecule has 1 atom stereocenters. The fourth-order valence-electron chi connectivity index (χ4n) is 1.96. The van der Waals surface area contributed by atoms with E-state index in [2.05, 4.69) is 16.4 Å². The smallest absolute Gasteiger partial charge is 0.251 e. The van der Waals surface area contributed by atoms with Crippen molar-refractivity contribution in [3.05, 3.63) is 33.7 Å². The van der Waals surface area contributed by atoms with Gasteiger partial charge in [0.05, 0.1) is 0 Å². The van der Waals surface area contributed by atoms with Gasteiger partial charge in [0.2, 0.25) is 0 Å². The monoisotopic (exact) mass is 222 g/mol. The molecule has 2 heterocycles. The van der Waals surface area contributed by atoms with E-state index in [4.69, 9.17) is 0 Å². The first-order valence-electron chi connectivity index (χ1n) is 6.24. The standard InChI is InChI=1S/C11H16N2O.C2H6/c1-2-8-3-4-10(13-11(8)14)9-5-6-12-7-9;1-2/h3-4,9,12H,2,5-7H2,1H3,(H,13,14);1-2H3. The van der Waals surface area contributed by atoms with Crippen LogP contribution in [0.2, 0.25) is 0 Å². The van der Waals surface area contributed by atoms with E-state index in [-0.39, 0.29) is 5.56 Å². The van der Waals surface area contributed by atoms with Gasteiger partial charge in [-0.25, -0.2) is 0 Å². The Morgan fingerprint density at radius 1 is 1.38 bits per heavy atom. The van der Waals surface area contributed by atoms with Gasteiger partial charge in [-0.2, -0.15) is 0 Å². The summed E-state index contributed by atoms with van der Waals surface area (Å²) in [7, 11) is 0. The highest BCUT2D eigenvalue weighted by Gasteiger charge is 2.17. The third-order valence-electron chi connectivity index (χ3n) is 2.89. The van der Waals surface area contributed by atoms with Gasteiger partial charge in [-0.05, 0) is 25.5 Å². The van der Waals surface area contributed by atoms with Gasteiger partial charge in [-0.1, -0.05) is 26.8 Å². The molecule has 0 aromatic carbocycles. The summed E-state index contributed by atoms with van der Waals surface area (Å²) in [4.78, 5) is 14.5. The number of nitrogens with one attached hydrogen (secondary N) is 2. The van der Waals surface area contributed by atoms with Crippen LogP contribution in [-0.2, 0) is 6.42 Å². The Balaban J connectivity index is 0.000000606. The molecule has 2 N–H and O–H groups in total. The molecule has 1 aromatic rings. The molecule has 3 nitrogen and oxygen atoms in total.